The molecule has 1 unspecified atom stereocenters. The Bertz CT molecular complexity index is 566. The zero-order valence-corrected chi connectivity index (χ0v) is 12.6. The molecule has 0 spiro atoms. The van der Waals surface area contributed by atoms with Gasteiger partial charge in [-0.3, -0.25) is 16.0 Å². The van der Waals surface area contributed by atoms with Gasteiger partial charge >= 0.3 is 0 Å². The summed E-state index contributed by atoms with van der Waals surface area (Å²) in [4.78, 5) is 4.32. The summed E-state index contributed by atoms with van der Waals surface area (Å²) in [6.45, 7) is 4.97. The molecule has 0 fully saturated rings. The van der Waals surface area contributed by atoms with Crippen LogP contribution in [0.2, 0.25) is 5.02 Å². The summed E-state index contributed by atoms with van der Waals surface area (Å²) in [6, 6.07) is 5.92. The van der Waals surface area contributed by atoms with Gasteiger partial charge in [0.05, 0.1) is 6.04 Å². The van der Waals surface area contributed by atoms with Crippen LogP contribution >= 0.6 is 11.6 Å². The van der Waals surface area contributed by atoms with Gasteiger partial charge in [-0.05, 0) is 30.5 Å². The normalized spacial score (nSPS) is 12.6. The van der Waals surface area contributed by atoms with Crippen LogP contribution in [0, 0.1) is 6.92 Å². The Morgan fingerprint density at radius 1 is 1.45 bits per heavy atom. The molecule has 0 bridgehead atoms. The van der Waals surface area contributed by atoms with Gasteiger partial charge in [0, 0.05) is 18.0 Å². The summed E-state index contributed by atoms with van der Waals surface area (Å²) in [5, 5.41) is 5.00. The number of rotatable bonds is 6. The summed E-state index contributed by atoms with van der Waals surface area (Å²) in [5.74, 6) is 6.63. The molecule has 6 heteroatoms. The van der Waals surface area contributed by atoms with Crippen LogP contribution in [-0.4, -0.2) is 14.8 Å². The van der Waals surface area contributed by atoms with E-state index in [0.717, 1.165) is 34.9 Å². The molecule has 2 rings (SSSR count). The van der Waals surface area contributed by atoms with Gasteiger partial charge in [0.2, 0.25) is 0 Å². The van der Waals surface area contributed by atoms with E-state index in [9.17, 15) is 0 Å². The van der Waals surface area contributed by atoms with E-state index in [2.05, 4.69) is 22.4 Å². The van der Waals surface area contributed by atoms with Crippen LogP contribution in [0.3, 0.4) is 0 Å². The first-order valence-electron chi connectivity index (χ1n) is 6.74. The minimum atomic E-state index is -0.00854. The molecular formula is C14H20ClN5. The topological polar surface area (TPSA) is 68.8 Å². The lowest BCUT2D eigenvalue weighted by atomic mass is 10.0. The Hall–Kier alpha value is -1.43. The number of hydrogen-bond acceptors (Lipinski definition) is 4. The Labute approximate surface area is 124 Å². The van der Waals surface area contributed by atoms with Crippen molar-refractivity contribution in [2.24, 2.45) is 5.84 Å². The van der Waals surface area contributed by atoms with E-state index < -0.39 is 0 Å². The van der Waals surface area contributed by atoms with E-state index in [1.54, 1.807) is 6.33 Å². The summed E-state index contributed by atoms with van der Waals surface area (Å²) in [7, 11) is 0. The summed E-state index contributed by atoms with van der Waals surface area (Å²) in [6.07, 6.45) is 3.31. The summed E-state index contributed by atoms with van der Waals surface area (Å²) < 4.78 is 1.92. The lowest BCUT2D eigenvalue weighted by Gasteiger charge is -2.17. The minimum absolute atomic E-state index is 0.00854. The van der Waals surface area contributed by atoms with Gasteiger partial charge in [-0.15, -0.1) is 0 Å². The predicted molar refractivity (Wildman–Crippen MR) is 80.3 cm³/mol. The van der Waals surface area contributed by atoms with E-state index in [4.69, 9.17) is 17.4 Å². The number of aryl methyl sites for hydroxylation is 2. The van der Waals surface area contributed by atoms with E-state index >= 15 is 0 Å². The minimum Gasteiger partial charge on any atom is -0.271 e. The molecule has 20 heavy (non-hydrogen) atoms. The number of aromatic nitrogens is 3. The molecule has 0 aliphatic heterocycles. The van der Waals surface area contributed by atoms with Crippen molar-refractivity contribution in [2.45, 2.75) is 39.3 Å². The van der Waals surface area contributed by atoms with Gasteiger partial charge in [-0.2, -0.15) is 5.10 Å². The summed E-state index contributed by atoms with van der Waals surface area (Å²) in [5.41, 5.74) is 4.99. The second kappa shape index (κ2) is 6.83. The van der Waals surface area contributed by atoms with Gasteiger partial charge in [-0.25, -0.2) is 4.98 Å². The molecule has 0 radical (unpaired) electrons. The monoisotopic (exact) mass is 293 g/mol. The highest BCUT2D eigenvalue weighted by atomic mass is 35.5. The van der Waals surface area contributed by atoms with Gasteiger partial charge in [0.25, 0.3) is 0 Å². The van der Waals surface area contributed by atoms with Crippen molar-refractivity contribution in [3.05, 3.63) is 46.5 Å². The third-order valence-electron chi connectivity index (χ3n) is 3.30. The standard InChI is InChI=1S/C14H20ClN5/c1-3-6-20-14(17-9-18-20)8-13(19-16)11-4-5-12(15)10(2)7-11/h4-5,7,9,13,19H,3,6,8,16H2,1-2H3. The zero-order chi connectivity index (χ0) is 14.5. The van der Waals surface area contributed by atoms with Crippen molar-refractivity contribution in [3.63, 3.8) is 0 Å². The maximum Gasteiger partial charge on any atom is 0.138 e. The Morgan fingerprint density at radius 2 is 2.25 bits per heavy atom. The number of nitrogens with one attached hydrogen (secondary N) is 1. The second-order valence-corrected chi connectivity index (χ2v) is 5.24. The van der Waals surface area contributed by atoms with Crippen LogP contribution < -0.4 is 11.3 Å². The van der Waals surface area contributed by atoms with Gasteiger partial charge in [0.15, 0.2) is 0 Å². The predicted octanol–water partition coefficient (Wildman–Crippen LogP) is 2.40. The number of halogens is 1. The van der Waals surface area contributed by atoms with E-state index in [0.29, 0.717) is 6.42 Å². The van der Waals surface area contributed by atoms with Crippen molar-refractivity contribution in [3.8, 4) is 0 Å². The highest BCUT2D eigenvalue weighted by Gasteiger charge is 2.15. The molecule has 2 aromatic rings. The lowest BCUT2D eigenvalue weighted by molar-refractivity contribution is 0.499. The number of hydrazine groups is 1. The van der Waals surface area contributed by atoms with Crippen LogP contribution in [-0.2, 0) is 13.0 Å². The van der Waals surface area contributed by atoms with Gasteiger partial charge in [0.1, 0.15) is 12.2 Å². The highest BCUT2D eigenvalue weighted by Crippen LogP contribution is 2.22. The molecule has 1 aromatic carbocycles. The zero-order valence-electron chi connectivity index (χ0n) is 11.8. The molecule has 5 nitrogen and oxygen atoms in total. The molecule has 3 N–H and O–H groups in total. The largest absolute Gasteiger partial charge is 0.271 e. The average Bonchev–Trinajstić information content (AvgIpc) is 2.87. The number of hydrogen-bond donors (Lipinski definition) is 2. The maximum atomic E-state index is 6.06. The van der Waals surface area contributed by atoms with Crippen molar-refractivity contribution in [1.29, 1.82) is 0 Å². The molecule has 0 amide bonds. The summed E-state index contributed by atoms with van der Waals surface area (Å²) >= 11 is 6.06. The first-order chi connectivity index (χ1) is 9.65. The quantitative estimate of drug-likeness (QED) is 0.634. The van der Waals surface area contributed by atoms with Gasteiger partial charge < -0.3 is 0 Å². The van der Waals surface area contributed by atoms with Crippen molar-refractivity contribution in [2.75, 3.05) is 0 Å². The number of nitrogens with zero attached hydrogens (tertiary/aromatic N) is 3. The Balaban J connectivity index is 2.19. The lowest BCUT2D eigenvalue weighted by Crippen LogP contribution is -2.30. The van der Waals surface area contributed by atoms with E-state index in [-0.39, 0.29) is 6.04 Å². The SMILES string of the molecule is CCCn1ncnc1CC(NN)c1ccc(Cl)c(C)c1. The van der Waals surface area contributed by atoms with Crippen LogP contribution in [0.25, 0.3) is 0 Å². The third kappa shape index (κ3) is 3.36. The van der Waals surface area contributed by atoms with Crippen LogP contribution in [0.4, 0.5) is 0 Å². The van der Waals surface area contributed by atoms with Crippen LogP contribution in [0.1, 0.15) is 36.3 Å². The maximum absolute atomic E-state index is 6.06. The molecule has 1 heterocycles. The Morgan fingerprint density at radius 3 is 2.90 bits per heavy atom. The molecule has 0 saturated carbocycles. The first kappa shape index (κ1) is 15.0. The fourth-order valence-electron chi connectivity index (χ4n) is 2.18. The molecular weight excluding hydrogens is 274 g/mol. The van der Waals surface area contributed by atoms with E-state index in [1.807, 2.05) is 29.8 Å². The second-order valence-electron chi connectivity index (χ2n) is 4.83. The first-order valence-corrected chi connectivity index (χ1v) is 7.12. The van der Waals surface area contributed by atoms with Crippen LogP contribution in [0.15, 0.2) is 24.5 Å². The van der Waals surface area contributed by atoms with Crippen molar-refractivity contribution < 1.29 is 0 Å². The average molecular weight is 294 g/mol. The van der Waals surface area contributed by atoms with E-state index in [1.165, 1.54) is 0 Å². The smallest absolute Gasteiger partial charge is 0.138 e. The number of nitrogens with two attached hydrogens (primary N) is 1. The van der Waals surface area contributed by atoms with Gasteiger partial charge in [-0.1, -0.05) is 30.7 Å². The highest BCUT2D eigenvalue weighted by molar-refractivity contribution is 6.31. The Kier molecular flexibility index (Phi) is 5.11. The van der Waals surface area contributed by atoms with Crippen molar-refractivity contribution >= 4 is 11.6 Å². The molecule has 0 saturated heterocycles. The molecule has 1 aromatic heterocycles. The fourth-order valence-corrected chi connectivity index (χ4v) is 2.30. The fraction of sp³-hybridized carbons (Fsp3) is 0.429. The third-order valence-corrected chi connectivity index (χ3v) is 3.73. The molecule has 1 atom stereocenters. The van der Waals surface area contributed by atoms with Crippen LogP contribution in [0.5, 0.6) is 0 Å². The van der Waals surface area contributed by atoms with Crippen molar-refractivity contribution in [1.82, 2.24) is 20.2 Å². The molecule has 0 aliphatic carbocycles. The number of benzene rings is 1. The molecule has 108 valence electrons. The molecule has 0 aliphatic rings.